The van der Waals surface area contributed by atoms with Crippen molar-refractivity contribution in [2.24, 2.45) is 5.73 Å². The predicted octanol–water partition coefficient (Wildman–Crippen LogP) is 1.83. The molecule has 2 rings (SSSR count). The van der Waals surface area contributed by atoms with Gasteiger partial charge in [0.25, 0.3) is 0 Å². The molecule has 88 valence electrons. The predicted molar refractivity (Wildman–Crippen MR) is 63.7 cm³/mol. The van der Waals surface area contributed by atoms with Crippen LogP contribution in [0.3, 0.4) is 0 Å². The fraction of sp³-hybridized carbons (Fsp3) is 0.538. The van der Waals surface area contributed by atoms with Gasteiger partial charge in [0.05, 0.1) is 13.7 Å². The molecule has 0 unspecified atom stereocenters. The molecule has 0 atom stereocenters. The average Bonchev–Trinajstić information content (AvgIpc) is 3.10. The number of ether oxygens (including phenoxy) is 2. The van der Waals surface area contributed by atoms with Crippen molar-refractivity contribution in [3.8, 4) is 5.75 Å². The van der Waals surface area contributed by atoms with Gasteiger partial charge in [-0.2, -0.15) is 0 Å². The van der Waals surface area contributed by atoms with Gasteiger partial charge in [-0.15, -0.1) is 0 Å². The van der Waals surface area contributed by atoms with Crippen LogP contribution in [0, 0.1) is 0 Å². The summed E-state index contributed by atoms with van der Waals surface area (Å²) >= 11 is 0. The van der Waals surface area contributed by atoms with E-state index >= 15 is 0 Å². The molecule has 0 amide bonds. The highest BCUT2D eigenvalue weighted by molar-refractivity contribution is 5.49. The Kier molecular flexibility index (Phi) is 3.17. The van der Waals surface area contributed by atoms with Crippen molar-refractivity contribution in [3.63, 3.8) is 0 Å². The molecule has 0 heterocycles. The fourth-order valence-electron chi connectivity index (χ4n) is 2.33. The van der Waals surface area contributed by atoms with Crippen molar-refractivity contribution in [1.82, 2.24) is 0 Å². The lowest BCUT2D eigenvalue weighted by molar-refractivity contribution is 0.183. The van der Waals surface area contributed by atoms with Gasteiger partial charge in [0, 0.05) is 24.6 Å². The maximum absolute atomic E-state index is 5.89. The van der Waals surface area contributed by atoms with Crippen molar-refractivity contribution in [2.45, 2.75) is 24.9 Å². The lowest BCUT2D eigenvalue weighted by Crippen LogP contribution is -2.22. The summed E-state index contributed by atoms with van der Waals surface area (Å²) < 4.78 is 10.7. The van der Waals surface area contributed by atoms with Crippen molar-refractivity contribution in [1.29, 1.82) is 0 Å². The summed E-state index contributed by atoms with van der Waals surface area (Å²) in [5, 5.41) is 0. The first-order valence-electron chi connectivity index (χ1n) is 5.63. The van der Waals surface area contributed by atoms with Gasteiger partial charge >= 0.3 is 0 Å². The number of hydrogen-bond donors (Lipinski definition) is 1. The number of rotatable bonds is 5. The van der Waals surface area contributed by atoms with Gasteiger partial charge in [-0.25, -0.2) is 0 Å². The highest BCUT2D eigenvalue weighted by Crippen LogP contribution is 2.51. The minimum Gasteiger partial charge on any atom is -0.496 e. The van der Waals surface area contributed by atoms with Crippen LogP contribution in [0.2, 0.25) is 0 Å². The van der Waals surface area contributed by atoms with Crippen LogP contribution >= 0.6 is 0 Å². The van der Waals surface area contributed by atoms with E-state index in [1.54, 1.807) is 14.2 Å². The van der Waals surface area contributed by atoms with Crippen LogP contribution in [-0.2, 0) is 16.8 Å². The SMILES string of the molecule is COCc1cccc(OC)c1C1(CN)CC1. The molecule has 0 radical (unpaired) electrons. The van der Waals surface area contributed by atoms with Gasteiger partial charge in [0.15, 0.2) is 0 Å². The van der Waals surface area contributed by atoms with Gasteiger partial charge < -0.3 is 15.2 Å². The van der Waals surface area contributed by atoms with Crippen LogP contribution in [0.15, 0.2) is 18.2 Å². The van der Waals surface area contributed by atoms with E-state index in [9.17, 15) is 0 Å². The highest BCUT2D eigenvalue weighted by atomic mass is 16.5. The third kappa shape index (κ3) is 1.81. The lowest BCUT2D eigenvalue weighted by Gasteiger charge is -2.20. The molecule has 3 nitrogen and oxygen atoms in total. The summed E-state index contributed by atoms with van der Waals surface area (Å²) in [6.07, 6.45) is 2.31. The molecule has 16 heavy (non-hydrogen) atoms. The minimum absolute atomic E-state index is 0.139. The van der Waals surface area contributed by atoms with Crippen LogP contribution < -0.4 is 10.5 Å². The second-order valence-corrected chi connectivity index (χ2v) is 4.41. The van der Waals surface area contributed by atoms with E-state index in [2.05, 4.69) is 6.07 Å². The Labute approximate surface area is 96.5 Å². The zero-order valence-corrected chi connectivity index (χ0v) is 9.95. The molecule has 0 aliphatic heterocycles. The molecular weight excluding hydrogens is 202 g/mol. The highest BCUT2D eigenvalue weighted by Gasteiger charge is 2.46. The molecule has 1 aromatic rings. The molecule has 1 fully saturated rings. The third-order valence-corrected chi connectivity index (χ3v) is 3.41. The van der Waals surface area contributed by atoms with E-state index in [0.29, 0.717) is 13.2 Å². The van der Waals surface area contributed by atoms with E-state index < -0.39 is 0 Å². The Morgan fingerprint density at radius 2 is 2.06 bits per heavy atom. The van der Waals surface area contributed by atoms with E-state index in [0.717, 1.165) is 18.6 Å². The molecule has 1 aliphatic rings. The normalized spacial score (nSPS) is 17.2. The molecule has 0 spiro atoms. The fourth-order valence-corrected chi connectivity index (χ4v) is 2.33. The largest absolute Gasteiger partial charge is 0.496 e. The molecule has 0 aromatic heterocycles. The third-order valence-electron chi connectivity index (χ3n) is 3.41. The zero-order chi connectivity index (χ0) is 11.6. The van der Waals surface area contributed by atoms with Gasteiger partial charge in [-0.3, -0.25) is 0 Å². The Morgan fingerprint density at radius 1 is 1.31 bits per heavy atom. The van der Waals surface area contributed by atoms with Crippen LogP contribution in [0.1, 0.15) is 24.0 Å². The first-order valence-corrected chi connectivity index (χ1v) is 5.63. The smallest absolute Gasteiger partial charge is 0.123 e. The van der Waals surface area contributed by atoms with E-state index in [1.807, 2.05) is 12.1 Å². The molecule has 0 bridgehead atoms. The van der Waals surface area contributed by atoms with Crippen LogP contribution in [0.25, 0.3) is 0 Å². The topological polar surface area (TPSA) is 44.5 Å². The molecule has 1 aliphatic carbocycles. The van der Waals surface area contributed by atoms with Crippen LogP contribution in [0.5, 0.6) is 5.75 Å². The number of methoxy groups -OCH3 is 2. The quantitative estimate of drug-likeness (QED) is 0.825. The lowest BCUT2D eigenvalue weighted by atomic mass is 9.90. The van der Waals surface area contributed by atoms with Crippen molar-refractivity contribution in [3.05, 3.63) is 29.3 Å². The average molecular weight is 221 g/mol. The van der Waals surface area contributed by atoms with Crippen LogP contribution in [0.4, 0.5) is 0 Å². The summed E-state index contributed by atoms with van der Waals surface area (Å²) in [6.45, 7) is 1.30. The summed E-state index contributed by atoms with van der Waals surface area (Å²) in [6, 6.07) is 6.10. The number of hydrogen-bond acceptors (Lipinski definition) is 3. The summed E-state index contributed by atoms with van der Waals surface area (Å²) in [5.41, 5.74) is 8.48. The number of nitrogens with two attached hydrogens (primary N) is 1. The first-order chi connectivity index (χ1) is 7.77. The van der Waals surface area contributed by atoms with Gasteiger partial charge in [-0.1, -0.05) is 12.1 Å². The first kappa shape index (κ1) is 11.4. The van der Waals surface area contributed by atoms with Crippen molar-refractivity contribution in [2.75, 3.05) is 20.8 Å². The Bertz CT molecular complexity index is 372. The Hall–Kier alpha value is -1.06. The van der Waals surface area contributed by atoms with Gasteiger partial charge in [-0.05, 0) is 24.5 Å². The Morgan fingerprint density at radius 3 is 2.56 bits per heavy atom. The standard InChI is InChI=1S/C13H19NO2/c1-15-8-10-4-3-5-11(16-2)12(10)13(9-14)6-7-13/h3-5H,6-9,14H2,1-2H3. The van der Waals surface area contributed by atoms with Gasteiger partial charge in [0.1, 0.15) is 5.75 Å². The molecule has 1 saturated carbocycles. The summed E-state index contributed by atoms with van der Waals surface area (Å²) in [4.78, 5) is 0. The van der Waals surface area contributed by atoms with Crippen molar-refractivity contribution >= 4 is 0 Å². The van der Waals surface area contributed by atoms with Crippen molar-refractivity contribution < 1.29 is 9.47 Å². The Balaban J connectivity index is 2.46. The van der Waals surface area contributed by atoms with E-state index in [-0.39, 0.29) is 5.41 Å². The number of benzene rings is 1. The summed E-state index contributed by atoms with van der Waals surface area (Å²) in [5.74, 6) is 0.942. The summed E-state index contributed by atoms with van der Waals surface area (Å²) in [7, 11) is 3.42. The maximum Gasteiger partial charge on any atom is 0.123 e. The molecular formula is C13H19NO2. The molecule has 2 N–H and O–H groups in total. The van der Waals surface area contributed by atoms with Crippen LogP contribution in [-0.4, -0.2) is 20.8 Å². The molecule has 3 heteroatoms. The maximum atomic E-state index is 5.89. The zero-order valence-electron chi connectivity index (χ0n) is 9.95. The monoisotopic (exact) mass is 221 g/mol. The minimum atomic E-state index is 0.139. The molecule has 1 aromatic carbocycles. The molecule has 0 saturated heterocycles. The van der Waals surface area contributed by atoms with E-state index in [4.69, 9.17) is 15.2 Å². The van der Waals surface area contributed by atoms with Gasteiger partial charge in [0.2, 0.25) is 0 Å². The second kappa shape index (κ2) is 4.44. The second-order valence-electron chi connectivity index (χ2n) is 4.41. The van der Waals surface area contributed by atoms with E-state index in [1.165, 1.54) is 11.1 Å².